The van der Waals surface area contributed by atoms with Crippen LogP contribution in [0.4, 0.5) is 0 Å². The number of ether oxygens (including phenoxy) is 1. The molecule has 0 aromatic heterocycles. The highest BCUT2D eigenvalue weighted by molar-refractivity contribution is 5.94. The van der Waals surface area contributed by atoms with Gasteiger partial charge in [-0.15, -0.1) is 0 Å². The summed E-state index contributed by atoms with van der Waals surface area (Å²) in [6, 6.07) is -0.105. The second-order valence-corrected chi connectivity index (χ2v) is 2.76. The molecule has 3 N–H and O–H groups in total. The zero-order chi connectivity index (χ0) is 10.3. The summed E-state index contributed by atoms with van der Waals surface area (Å²) in [5, 5.41) is 2.51. The number of nitrogens with two attached hydrogens (primary N) is 1. The minimum Gasteiger partial charge on any atom is -0.466 e. The Morgan fingerprint density at radius 1 is 1.54 bits per heavy atom. The third kappa shape index (κ3) is 7.27. The summed E-state index contributed by atoms with van der Waals surface area (Å²) in [7, 11) is 0. The van der Waals surface area contributed by atoms with Gasteiger partial charge in [-0.2, -0.15) is 0 Å². The van der Waals surface area contributed by atoms with Crippen molar-refractivity contribution in [2.75, 3.05) is 13.2 Å². The molecular formula is C8H16N2O3. The summed E-state index contributed by atoms with van der Waals surface area (Å²) < 4.78 is 4.59. The Hall–Kier alpha value is -1.10. The lowest BCUT2D eigenvalue weighted by atomic mass is 10.3. The van der Waals surface area contributed by atoms with E-state index in [1.165, 1.54) is 0 Å². The topological polar surface area (TPSA) is 81.4 Å². The van der Waals surface area contributed by atoms with Crippen LogP contribution in [0, 0.1) is 0 Å². The SMILES string of the molecule is CCOC(=O)CC(=O)NCC(C)N. The second kappa shape index (κ2) is 6.42. The maximum atomic E-state index is 11.0. The van der Waals surface area contributed by atoms with Crippen LogP contribution < -0.4 is 11.1 Å². The Balaban J connectivity index is 3.56. The van der Waals surface area contributed by atoms with E-state index in [1.807, 2.05) is 0 Å². The fraction of sp³-hybridized carbons (Fsp3) is 0.750. The molecule has 1 atom stereocenters. The van der Waals surface area contributed by atoms with Gasteiger partial charge < -0.3 is 15.8 Å². The molecule has 1 unspecified atom stereocenters. The Morgan fingerprint density at radius 2 is 2.15 bits per heavy atom. The van der Waals surface area contributed by atoms with Crippen molar-refractivity contribution in [1.29, 1.82) is 0 Å². The molecule has 5 heteroatoms. The first-order chi connectivity index (χ1) is 6.06. The number of carbonyl (C=O) groups excluding carboxylic acids is 2. The highest BCUT2D eigenvalue weighted by Gasteiger charge is 2.09. The van der Waals surface area contributed by atoms with E-state index in [-0.39, 0.29) is 18.4 Å². The molecule has 0 fully saturated rings. The molecule has 0 rings (SSSR count). The van der Waals surface area contributed by atoms with E-state index in [9.17, 15) is 9.59 Å². The van der Waals surface area contributed by atoms with Gasteiger partial charge in [-0.1, -0.05) is 0 Å². The highest BCUT2D eigenvalue weighted by atomic mass is 16.5. The van der Waals surface area contributed by atoms with Gasteiger partial charge in [-0.25, -0.2) is 0 Å². The molecule has 0 saturated heterocycles. The van der Waals surface area contributed by atoms with Crippen LogP contribution in [0.1, 0.15) is 20.3 Å². The predicted molar refractivity (Wildman–Crippen MR) is 47.9 cm³/mol. The lowest BCUT2D eigenvalue weighted by Gasteiger charge is -2.06. The van der Waals surface area contributed by atoms with Crippen molar-refractivity contribution in [3.05, 3.63) is 0 Å². The summed E-state index contributed by atoms with van der Waals surface area (Å²) in [5.74, 6) is -0.861. The maximum Gasteiger partial charge on any atom is 0.315 e. The Morgan fingerprint density at radius 3 is 2.62 bits per heavy atom. The van der Waals surface area contributed by atoms with Crippen molar-refractivity contribution in [2.45, 2.75) is 26.3 Å². The summed E-state index contributed by atoms with van der Waals surface area (Å²) in [6.45, 7) is 4.13. The van der Waals surface area contributed by atoms with Crippen molar-refractivity contribution >= 4 is 11.9 Å². The number of rotatable bonds is 5. The van der Waals surface area contributed by atoms with E-state index < -0.39 is 5.97 Å². The maximum absolute atomic E-state index is 11.0. The largest absolute Gasteiger partial charge is 0.466 e. The number of nitrogens with one attached hydrogen (secondary N) is 1. The molecule has 0 radical (unpaired) electrons. The second-order valence-electron chi connectivity index (χ2n) is 2.76. The predicted octanol–water partition coefficient (Wildman–Crippen LogP) is -0.597. The molecule has 0 aliphatic carbocycles. The first-order valence-electron chi connectivity index (χ1n) is 4.24. The fourth-order valence-electron chi connectivity index (χ4n) is 0.680. The van der Waals surface area contributed by atoms with Crippen LogP contribution in [-0.2, 0) is 14.3 Å². The average molecular weight is 188 g/mol. The normalized spacial score (nSPS) is 11.9. The Kier molecular flexibility index (Phi) is 5.88. The zero-order valence-electron chi connectivity index (χ0n) is 8.00. The minimum atomic E-state index is -0.510. The molecule has 0 saturated carbocycles. The first kappa shape index (κ1) is 11.9. The quantitative estimate of drug-likeness (QED) is 0.446. The third-order valence-corrected chi connectivity index (χ3v) is 1.23. The van der Waals surface area contributed by atoms with Gasteiger partial charge in [0.1, 0.15) is 6.42 Å². The number of hydrogen-bond acceptors (Lipinski definition) is 4. The van der Waals surface area contributed by atoms with E-state index in [0.717, 1.165) is 0 Å². The van der Waals surface area contributed by atoms with E-state index in [4.69, 9.17) is 5.73 Å². The average Bonchev–Trinajstić information content (AvgIpc) is 2.01. The third-order valence-electron chi connectivity index (χ3n) is 1.23. The Labute approximate surface area is 77.6 Å². The number of hydrogen-bond donors (Lipinski definition) is 2. The summed E-state index contributed by atoms with van der Waals surface area (Å²) >= 11 is 0. The molecule has 0 heterocycles. The van der Waals surface area contributed by atoms with Gasteiger partial charge in [0, 0.05) is 12.6 Å². The van der Waals surface area contributed by atoms with E-state index in [0.29, 0.717) is 13.2 Å². The minimum absolute atomic E-state index is 0.105. The molecule has 1 amide bonds. The van der Waals surface area contributed by atoms with Crippen LogP contribution in [0.25, 0.3) is 0 Å². The summed E-state index contributed by atoms with van der Waals surface area (Å²) in [5.41, 5.74) is 5.40. The molecule has 0 aliphatic heterocycles. The molecule has 76 valence electrons. The summed E-state index contributed by atoms with van der Waals surface area (Å²) in [4.78, 5) is 21.7. The Bertz CT molecular complexity index is 180. The van der Waals surface area contributed by atoms with E-state index >= 15 is 0 Å². The van der Waals surface area contributed by atoms with Gasteiger partial charge >= 0.3 is 5.97 Å². The molecule has 5 nitrogen and oxygen atoms in total. The fourth-order valence-corrected chi connectivity index (χ4v) is 0.680. The molecule has 13 heavy (non-hydrogen) atoms. The van der Waals surface area contributed by atoms with Gasteiger partial charge in [-0.3, -0.25) is 9.59 Å². The van der Waals surface area contributed by atoms with Crippen LogP contribution in [0.5, 0.6) is 0 Å². The molecule has 0 aliphatic rings. The molecule has 0 spiro atoms. The highest BCUT2D eigenvalue weighted by Crippen LogP contribution is 1.86. The monoisotopic (exact) mass is 188 g/mol. The van der Waals surface area contributed by atoms with Crippen molar-refractivity contribution in [1.82, 2.24) is 5.32 Å². The van der Waals surface area contributed by atoms with E-state index in [2.05, 4.69) is 10.1 Å². The summed E-state index contributed by atoms with van der Waals surface area (Å²) in [6.07, 6.45) is -0.236. The van der Waals surface area contributed by atoms with Crippen LogP contribution in [0.2, 0.25) is 0 Å². The smallest absolute Gasteiger partial charge is 0.315 e. The van der Waals surface area contributed by atoms with Gasteiger partial charge in [0.15, 0.2) is 0 Å². The zero-order valence-corrected chi connectivity index (χ0v) is 8.00. The van der Waals surface area contributed by atoms with Crippen molar-refractivity contribution in [2.24, 2.45) is 5.73 Å². The van der Waals surface area contributed by atoms with Crippen LogP contribution in [-0.4, -0.2) is 31.1 Å². The number of esters is 1. The standard InChI is InChI=1S/C8H16N2O3/c1-3-13-8(12)4-7(11)10-5-6(2)9/h6H,3-5,9H2,1-2H3,(H,10,11). The van der Waals surface area contributed by atoms with E-state index in [1.54, 1.807) is 13.8 Å². The molecule has 0 bridgehead atoms. The molecule has 0 aromatic rings. The lowest BCUT2D eigenvalue weighted by Crippen LogP contribution is -2.36. The van der Waals surface area contributed by atoms with Crippen molar-refractivity contribution < 1.29 is 14.3 Å². The van der Waals surface area contributed by atoms with Crippen LogP contribution in [0.15, 0.2) is 0 Å². The first-order valence-corrected chi connectivity index (χ1v) is 4.24. The van der Waals surface area contributed by atoms with Crippen molar-refractivity contribution in [3.8, 4) is 0 Å². The lowest BCUT2D eigenvalue weighted by molar-refractivity contribution is -0.145. The number of amides is 1. The van der Waals surface area contributed by atoms with Crippen LogP contribution in [0.3, 0.4) is 0 Å². The molecular weight excluding hydrogens is 172 g/mol. The van der Waals surface area contributed by atoms with Crippen LogP contribution >= 0.6 is 0 Å². The van der Waals surface area contributed by atoms with Gasteiger partial charge in [0.05, 0.1) is 6.61 Å². The van der Waals surface area contributed by atoms with Gasteiger partial charge in [0.25, 0.3) is 0 Å². The van der Waals surface area contributed by atoms with Gasteiger partial charge in [0.2, 0.25) is 5.91 Å². The van der Waals surface area contributed by atoms with Crippen molar-refractivity contribution in [3.63, 3.8) is 0 Å². The van der Waals surface area contributed by atoms with Gasteiger partial charge in [-0.05, 0) is 13.8 Å². The molecule has 0 aromatic carbocycles. The number of carbonyl (C=O) groups is 2.